The van der Waals surface area contributed by atoms with Gasteiger partial charge in [0, 0.05) is 42.7 Å². The fraction of sp³-hybridized carbons (Fsp3) is 0.192. The number of fused-ring (bicyclic) bond motifs is 1. The van der Waals surface area contributed by atoms with E-state index in [1.54, 1.807) is 24.1 Å². The second-order valence-corrected chi connectivity index (χ2v) is 7.91. The lowest BCUT2D eigenvalue weighted by atomic mass is 10.1. The van der Waals surface area contributed by atoms with E-state index in [0.717, 1.165) is 28.0 Å². The van der Waals surface area contributed by atoms with Crippen molar-refractivity contribution < 1.29 is 13.9 Å². The van der Waals surface area contributed by atoms with Gasteiger partial charge in [-0.3, -0.25) is 4.79 Å². The van der Waals surface area contributed by atoms with Gasteiger partial charge in [-0.05, 0) is 54.6 Å². The molecule has 0 aliphatic carbocycles. The number of ether oxygens (including phenoxy) is 1. The van der Waals surface area contributed by atoms with Gasteiger partial charge in [-0.15, -0.1) is 0 Å². The molecule has 1 aliphatic rings. The lowest BCUT2D eigenvalue weighted by Gasteiger charge is -2.36. The van der Waals surface area contributed by atoms with Gasteiger partial charge in [-0.25, -0.2) is 14.4 Å². The fourth-order valence-electron chi connectivity index (χ4n) is 4.10. The van der Waals surface area contributed by atoms with Gasteiger partial charge >= 0.3 is 0 Å². The maximum Gasteiger partial charge on any atom is 0.254 e. The number of halogens is 1. The molecule has 166 valence electrons. The number of amides is 1. The minimum absolute atomic E-state index is 0.152. The number of hydrogen-bond acceptors (Lipinski definition) is 5. The molecule has 2 heterocycles. The molecule has 0 spiro atoms. The molecule has 1 saturated heterocycles. The smallest absolute Gasteiger partial charge is 0.254 e. The Morgan fingerprint density at radius 2 is 1.67 bits per heavy atom. The van der Waals surface area contributed by atoms with E-state index < -0.39 is 5.82 Å². The zero-order valence-electron chi connectivity index (χ0n) is 18.2. The van der Waals surface area contributed by atoms with Crippen molar-refractivity contribution in [3.63, 3.8) is 0 Å². The number of aromatic nitrogens is 2. The van der Waals surface area contributed by atoms with Crippen LogP contribution in [0.5, 0.6) is 5.75 Å². The first-order valence-corrected chi connectivity index (χ1v) is 10.8. The second-order valence-electron chi connectivity index (χ2n) is 7.91. The van der Waals surface area contributed by atoms with Crippen LogP contribution in [0.1, 0.15) is 10.4 Å². The normalized spacial score (nSPS) is 13.9. The number of nitrogens with zero attached hydrogens (tertiary/aromatic N) is 4. The molecule has 7 heteroatoms. The Morgan fingerprint density at radius 1 is 0.909 bits per heavy atom. The van der Waals surface area contributed by atoms with Crippen LogP contribution in [0.2, 0.25) is 0 Å². The maximum absolute atomic E-state index is 13.5. The average molecular weight is 442 g/mol. The van der Waals surface area contributed by atoms with Crippen LogP contribution in [-0.2, 0) is 0 Å². The summed E-state index contributed by atoms with van der Waals surface area (Å²) in [6.07, 6.45) is 0. The number of anilines is 1. The SMILES string of the molecule is COc1ccc(-c2nc(N3CCN(C(=O)c4cccc(F)c4)CC3)c3ccccc3n2)cc1. The van der Waals surface area contributed by atoms with Crippen molar-refractivity contribution in [3.8, 4) is 17.1 Å². The molecule has 33 heavy (non-hydrogen) atoms. The Labute approximate surface area is 191 Å². The average Bonchev–Trinajstić information content (AvgIpc) is 2.88. The lowest BCUT2D eigenvalue weighted by molar-refractivity contribution is 0.0746. The van der Waals surface area contributed by atoms with Gasteiger partial charge < -0.3 is 14.5 Å². The van der Waals surface area contributed by atoms with Crippen LogP contribution in [0.4, 0.5) is 10.2 Å². The predicted molar refractivity (Wildman–Crippen MR) is 126 cm³/mol. The predicted octanol–water partition coefficient (Wildman–Crippen LogP) is 4.41. The highest BCUT2D eigenvalue weighted by molar-refractivity contribution is 5.95. The number of methoxy groups -OCH3 is 1. The summed E-state index contributed by atoms with van der Waals surface area (Å²) in [4.78, 5) is 26.4. The molecule has 1 aromatic heterocycles. The number of para-hydroxylation sites is 1. The van der Waals surface area contributed by atoms with Gasteiger partial charge in [0.05, 0.1) is 12.6 Å². The van der Waals surface area contributed by atoms with Crippen LogP contribution in [0.15, 0.2) is 72.8 Å². The van der Waals surface area contributed by atoms with E-state index >= 15 is 0 Å². The zero-order valence-corrected chi connectivity index (χ0v) is 18.2. The van der Waals surface area contributed by atoms with E-state index in [1.807, 2.05) is 48.5 Å². The van der Waals surface area contributed by atoms with Crippen LogP contribution >= 0.6 is 0 Å². The molecule has 1 aliphatic heterocycles. The summed E-state index contributed by atoms with van der Waals surface area (Å²) >= 11 is 0. The van der Waals surface area contributed by atoms with E-state index in [1.165, 1.54) is 12.1 Å². The Kier molecular flexibility index (Phi) is 5.60. The molecular formula is C26H23FN4O2. The Bertz CT molecular complexity index is 1300. The summed E-state index contributed by atoms with van der Waals surface area (Å²) in [6, 6.07) is 21.5. The summed E-state index contributed by atoms with van der Waals surface area (Å²) in [6.45, 7) is 2.32. The standard InChI is InChI=1S/C26H23FN4O2/c1-33-21-11-9-18(10-12-21)24-28-23-8-3-2-7-22(23)25(29-24)30-13-15-31(16-14-30)26(32)19-5-4-6-20(27)17-19/h2-12,17H,13-16H2,1H3. The third-order valence-electron chi connectivity index (χ3n) is 5.87. The summed E-state index contributed by atoms with van der Waals surface area (Å²) in [5.74, 6) is 1.71. The molecule has 5 rings (SSSR count). The third kappa shape index (κ3) is 4.22. The van der Waals surface area contributed by atoms with Crippen LogP contribution < -0.4 is 9.64 Å². The lowest BCUT2D eigenvalue weighted by Crippen LogP contribution is -2.49. The quantitative estimate of drug-likeness (QED) is 0.469. The fourth-order valence-corrected chi connectivity index (χ4v) is 4.10. The third-order valence-corrected chi connectivity index (χ3v) is 5.87. The molecule has 4 aromatic rings. The molecule has 0 N–H and O–H groups in total. The molecular weight excluding hydrogens is 419 g/mol. The first kappa shape index (κ1) is 20.9. The van der Waals surface area contributed by atoms with E-state index in [9.17, 15) is 9.18 Å². The first-order chi connectivity index (χ1) is 16.1. The van der Waals surface area contributed by atoms with Gasteiger partial charge in [0.25, 0.3) is 5.91 Å². The second kappa shape index (κ2) is 8.86. The zero-order chi connectivity index (χ0) is 22.8. The Balaban J connectivity index is 1.42. The molecule has 0 atom stereocenters. The van der Waals surface area contributed by atoms with E-state index in [0.29, 0.717) is 37.6 Å². The van der Waals surface area contributed by atoms with Crippen LogP contribution in [0.25, 0.3) is 22.3 Å². The number of benzene rings is 3. The van der Waals surface area contributed by atoms with Crippen molar-refractivity contribution in [1.82, 2.24) is 14.9 Å². The van der Waals surface area contributed by atoms with Crippen molar-refractivity contribution in [1.29, 1.82) is 0 Å². The molecule has 1 amide bonds. The van der Waals surface area contributed by atoms with Crippen LogP contribution in [-0.4, -0.2) is 54.1 Å². The summed E-state index contributed by atoms with van der Waals surface area (Å²) in [5.41, 5.74) is 2.15. The van der Waals surface area contributed by atoms with Gasteiger partial charge in [0.2, 0.25) is 0 Å². The molecule has 3 aromatic carbocycles. The van der Waals surface area contributed by atoms with Crippen molar-refractivity contribution in [2.24, 2.45) is 0 Å². The molecule has 0 saturated carbocycles. The van der Waals surface area contributed by atoms with Crippen molar-refractivity contribution in [3.05, 3.63) is 84.2 Å². The van der Waals surface area contributed by atoms with E-state index in [4.69, 9.17) is 14.7 Å². The van der Waals surface area contributed by atoms with E-state index in [-0.39, 0.29) is 5.91 Å². The highest BCUT2D eigenvalue weighted by Gasteiger charge is 2.25. The topological polar surface area (TPSA) is 58.6 Å². The molecule has 0 unspecified atom stereocenters. The highest BCUT2D eigenvalue weighted by Crippen LogP contribution is 2.29. The van der Waals surface area contributed by atoms with Gasteiger partial charge in [0.15, 0.2) is 5.82 Å². The van der Waals surface area contributed by atoms with Crippen LogP contribution in [0.3, 0.4) is 0 Å². The maximum atomic E-state index is 13.5. The van der Waals surface area contributed by atoms with Crippen molar-refractivity contribution in [2.75, 3.05) is 38.2 Å². The minimum Gasteiger partial charge on any atom is -0.497 e. The van der Waals surface area contributed by atoms with Gasteiger partial charge in [0.1, 0.15) is 17.4 Å². The Morgan fingerprint density at radius 3 is 2.39 bits per heavy atom. The monoisotopic (exact) mass is 442 g/mol. The van der Waals surface area contributed by atoms with Gasteiger partial charge in [-0.2, -0.15) is 0 Å². The first-order valence-electron chi connectivity index (χ1n) is 10.8. The number of hydrogen-bond donors (Lipinski definition) is 0. The molecule has 0 bridgehead atoms. The van der Waals surface area contributed by atoms with Crippen molar-refractivity contribution in [2.45, 2.75) is 0 Å². The van der Waals surface area contributed by atoms with Crippen LogP contribution in [0, 0.1) is 5.82 Å². The minimum atomic E-state index is -0.405. The summed E-state index contributed by atoms with van der Waals surface area (Å²) in [5, 5.41) is 0.972. The molecule has 6 nitrogen and oxygen atoms in total. The Hall–Kier alpha value is -4.00. The van der Waals surface area contributed by atoms with Gasteiger partial charge in [-0.1, -0.05) is 18.2 Å². The van der Waals surface area contributed by atoms with E-state index in [2.05, 4.69) is 4.90 Å². The number of carbonyl (C=O) groups excluding carboxylic acids is 1. The summed E-state index contributed by atoms with van der Waals surface area (Å²) in [7, 11) is 1.64. The number of rotatable bonds is 4. The summed E-state index contributed by atoms with van der Waals surface area (Å²) < 4.78 is 18.8. The largest absolute Gasteiger partial charge is 0.497 e. The molecule has 0 radical (unpaired) electrons. The molecule has 1 fully saturated rings. The number of carbonyl (C=O) groups is 1. The van der Waals surface area contributed by atoms with Crippen molar-refractivity contribution >= 4 is 22.6 Å². The highest BCUT2D eigenvalue weighted by atomic mass is 19.1. The number of piperazine rings is 1.